The number of hydrogen-bond acceptors (Lipinski definition) is 2. The molecule has 2 aromatic carbocycles. The van der Waals surface area contributed by atoms with Crippen molar-refractivity contribution in [1.29, 1.82) is 0 Å². The molecular formula is C18H14F5NO2. The van der Waals surface area contributed by atoms with Gasteiger partial charge in [-0.05, 0) is 29.8 Å². The van der Waals surface area contributed by atoms with Gasteiger partial charge in [-0.15, -0.1) is 0 Å². The van der Waals surface area contributed by atoms with Crippen molar-refractivity contribution < 1.29 is 31.9 Å². The van der Waals surface area contributed by atoms with Gasteiger partial charge < -0.3 is 10.0 Å². The van der Waals surface area contributed by atoms with Crippen LogP contribution in [0.2, 0.25) is 0 Å². The second-order valence-corrected chi connectivity index (χ2v) is 6.10. The van der Waals surface area contributed by atoms with E-state index in [1.165, 1.54) is 24.3 Å². The molecule has 3 nitrogen and oxygen atoms in total. The molecule has 0 saturated carbocycles. The summed E-state index contributed by atoms with van der Waals surface area (Å²) in [6.07, 6.45) is -6.12. The Labute approximate surface area is 145 Å². The van der Waals surface area contributed by atoms with Gasteiger partial charge in [0, 0.05) is 25.1 Å². The Bertz CT molecular complexity index is 848. The number of halogens is 5. The molecule has 8 heteroatoms. The lowest BCUT2D eigenvalue weighted by Crippen LogP contribution is -2.34. The fraction of sp³-hybridized carbons (Fsp3) is 0.278. The molecule has 1 aliphatic heterocycles. The van der Waals surface area contributed by atoms with Crippen LogP contribution in [0.5, 0.6) is 5.75 Å². The molecule has 0 radical (unpaired) electrons. The van der Waals surface area contributed by atoms with E-state index in [4.69, 9.17) is 0 Å². The average Bonchev–Trinajstić information content (AvgIpc) is 2.68. The summed E-state index contributed by atoms with van der Waals surface area (Å²) < 4.78 is 67.7. The van der Waals surface area contributed by atoms with Crippen molar-refractivity contribution in [2.24, 2.45) is 0 Å². The summed E-state index contributed by atoms with van der Waals surface area (Å²) in [5.41, 5.74) is -1.65. The van der Waals surface area contributed by atoms with Crippen LogP contribution in [0.25, 0.3) is 0 Å². The fourth-order valence-electron chi connectivity index (χ4n) is 3.00. The summed E-state index contributed by atoms with van der Waals surface area (Å²) in [6.45, 7) is -0.416. The third kappa shape index (κ3) is 3.49. The Morgan fingerprint density at radius 3 is 2.50 bits per heavy atom. The highest BCUT2D eigenvalue weighted by Crippen LogP contribution is 2.38. The van der Waals surface area contributed by atoms with E-state index in [9.17, 15) is 31.9 Å². The maximum Gasteiger partial charge on any atom is 0.417 e. The van der Waals surface area contributed by atoms with E-state index >= 15 is 0 Å². The number of carbonyl (C=O) groups excluding carboxylic acids is 1. The third-order valence-electron chi connectivity index (χ3n) is 4.22. The number of nitrogens with zero attached hydrogens (tertiary/aromatic N) is 1. The maximum absolute atomic E-state index is 14.0. The lowest BCUT2D eigenvalue weighted by molar-refractivity contribution is -0.138. The van der Waals surface area contributed by atoms with Gasteiger partial charge >= 0.3 is 6.18 Å². The van der Waals surface area contributed by atoms with Gasteiger partial charge in [-0.25, -0.2) is 8.78 Å². The predicted molar refractivity (Wildman–Crippen MR) is 84.5 cm³/mol. The zero-order valence-electron chi connectivity index (χ0n) is 13.4. The Morgan fingerprint density at radius 2 is 1.81 bits per heavy atom. The van der Waals surface area contributed by atoms with Gasteiger partial charge in [-0.1, -0.05) is 18.2 Å². The van der Waals surface area contributed by atoms with Crippen LogP contribution in [0.4, 0.5) is 27.6 Å². The quantitative estimate of drug-likeness (QED) is 0.742. The standard InChI is InChI=1S/C18H14F5NO2/c19-17(20)7-8-24(15-4-2-1-3-11(15)10-17)16(26)13-6-5-12(25)9-14(13)18(21,22)23/h1-6,9,25H,7-8,10H2. The number of amides is 1. The Kier molecular flexibility index (Phi) is 4.37. The van der Waals surface area contributed by atoms with E-state index < -0.39 is 54.3 Å². The normalized spacial score (nSPS) is 16.7. The highest BCUT2D eigenvalue weighted by atomic mass is 19.4. The number of hydrogen-bond donors (Lipinski definition) is 1. The van der Waals surface area contributed by atoms with Crippen LogP contribution in [0.3, 0.4) is 0 Å². The largest absolute Gasteiger partial charge is 0.508 e. The molecule has 0 fully saturated rings. The second kappa shape index (κ2) is 6.26. The SMILES string of the molecule is O=C(c1ccc(O)cc1C(F)(F)F)N1CCC(F)(F)Cc2ccccc21. The van der Waals surface area contributed by atoms with E-state index in [0.717, 1.165) is 17.0 Å². The number of phenolic OH excluding ortho intramolecular Hbond substituents is 1. The molecule has 0 aromatic heterocycles. The van der Waals surface area contributed by atoms with Crippen molar-refractivity contribution in [2.75, 3.05) is 11.4 Å². The molecule has 1 amide bonds. The van der Waals surface area contributed by atoms with Gasteiger partial charge in [0.1, 0.15) is 5.75 Å². The highest BCUT2D eigenvalue weighted by Gasteiger charge is 2.40. The van der Waals surface area contributed by atoms with Gasteiger partial charge in [-0.3, -0.25) is 4.79 Å². The highest BCUT2D eigenvalue weighted by molar-refractivity contribution is 6.07. The molecule has 0 atom stereocenters. The lowest BCUT2D eigenvalue weighted by atomic mass is 10.0. The van der Waals surface area contributed by atoms with Gasteiger partial charge in [0.05, 0.1) is 11.1 Å². The van der Waals surface area contributed by atoms with Crippen molar-refractivity contribution in [3.8, 4) is 5.75 Å². The van der Waals surface area contributed by atoms with Crippen LogP contribution in [-0.4, -0.2) is 23.5 Å². The number of aromatic hydroxyl groups is 1. The van der Waals surface area contributed by atoms with Gasteiger partial charge in [-0.2, -0.15) is 13.2 Å². The molecule has 0 spiro atoms. The second-order valence-electron chi connectivity index (χ2n) is 6.10. The van der Waals surface area contributed by atoms with E-state index in [0.29, 0.717) is 6.07 Å². The monoisotopic (exact) mass is 371 g/mol. The molecule has 3 rings (SSSR count). The van der Waals surface area contributed by atoms with E-state index in [2.05, 4.69) is 0 Å². The number of alkyl halides is 5. The van der Waals surface area contributed by atoms with Crippen molar-refractivity contribution in [3.63, 3.8) is 0 Å². The molecule has 0 bridgehead atoms. The van der Waals surface area contributed by atoms with Gasteiger partial charge in [0.15, 0.2) is 0 Å². The summed E-state index contributed by atoms with van der Waals surface area (Å²) in [5.74, 6) is -4.74. The van der Waals surface area contributed by atoms with E-state index in [1.54, 1.807) is 0 Å². The Morgan fingerprint density at radius 1 is 1.12 bits per heavy atom. The minimum atomic E-state index is -4.88. The Balaban J connectivity index is 2.09. The smallest absolute Gasteiger partial charge is 0.417 e. The van der Waals surface area contributed by atoms with Crippen LogP contribution < -0.4 is 4.90 Å². The number of para-hydroxylation sites is 1. The molecule has 2 aromatic rings. The maximum atomic E-state index is 14.0. The molecule has 0 unspecified atom stereocenters. The zero-order chi connectivity index (χ0) is 19.1. The molecule has 26 heavy (non-hydrogen) atoms. The van der Waals surface area contributed by atoms with Crippen molar-refractivity contribution in [1.82, 2.24) is 0 Å². The zero-order valence-corrected chi connectivity index (χ0v) is 13.4. The molecule has 0 aliphatic carbocycles. The van der Waals surface area contributed by atoms with Crippen LogP contribution in [0, 0.1) is 0 Å². The predicted octanol–water partition coefficient (Wildman–Crippen LogP) is 4.64. The lowest BCUT2D eigenvalue weighted by Gasteiger charge is -2.24. The average molecular weight is 371 g/mol. The molecular weight excluding hydrogens is 357 g/mol. The topological polar surface area (TPSA) is 40.5 Å². The van der Waals surface area contributed by atoms with Gasteiger partial charge in [0.2, 0.25) is 0 Å². The summed E-state index contributed by atoms with van der Waals surface area (Å²) in [4.78, 5) is 13.7. The van der Waals surface area contributed by atoms with Crippen LogP contribution in [0.15, 0.2) is 42.5 Å². The first kappa shape index (κ1) is 18.2. The number of rotatable bonds is 1. The number of phenols is 1. The van der Waals surface area contributed by atoms with E-state index in [-0.39, 0.29) is 11.3 Å². The van der Waals surface area contributed by atoms with Crippen molar-refractivity contribution in [2.45, 2.75) is 24.9 Å². The van der Waals surface area contributed by atoms with Crippen molar-refractivity contribution >= 4 is 11.6 Å². The van der Waals surface area contributed by atoms with Gasteiger partial charge in [0.25, 0.3) is 11.8 Å². The number of fused-ring (bicyclic) bond motifs is 1. The molecule has 1 aliphatic rings. The molecule has 138 valence electrons. The molecule has 1 N–H and O–H groups in total. The first-order chi connectivity index (χ1) is 12.1. The minimum absolute atomic E-state index is 0.163. The number of benzene rings is 2. The summed E-state index contributed by atoms with van der Waals surface area (Å²) in [7, 11) is 0. The number of carbonyl (C=O) groups is 1. The first-order valence-electron chi connectivity index (χ1n) is 7.76. The van der Waals surface area contributed by atoms with E-state index in [1.807, 2.05) is 0 Å². The number of anilines is 1. The van der Waals surface area contributed by atoms with Crippen LogP contribution >= 0.6 is 0 Å². The Hall–Kier alpha value is -2.64. The minimum Gasteiger partial charge on any atom is -0.508 e. The summed E-state index contributed by atoms with van der Waals surface area (Å²) in [5, 5.41) is 9.34. The molecule has 0 saturated heterocycles. The summed E-state index contributed by atoms with van der Waals surface area (Å²) in [6, 6.07) is 8.19. The summed E-state index contributed by atoms with van der Waals surface area (Å²) >= 11 is 0. The van der Waals surface area contributed by atoms with Crippen molar-refractivity contribution in [3.05, 3.63) is 59.2 Å². The third-order valence-corrected chi connectivity index (χ3v) is 4.22. The first-order valence-corrected chi connectivity index (χ1v) is 7.76. The molecule has 1 heterocycles. The fourth-order valence-corrected chi connectivity index (χ4v) is 3.00. The van der Waals surface area contributed by atoms with Crippen LogP contribution in [-0.2, 0) is 12.6 Å². The van der Waals surface area contributed by atoms with Crippen LogP contribution in [0.1, 0.15) is 27.9 Å².